The molecule has 0 saturated carbocycles. The molecule has 6 nitrogen and oxygen atoms in total. The molecule has 0 unspecified atom stereocenters. The van der Waals surface area contributed by atoms with Gasteiger partial charge in [-0.2, -0.15) is 10.5 Å². The Hall–Kier alpha value is -2.39. The van der Waals surface area contributed by atoms with Crippen LogP contribution in [-0.4, -0.2) is 35.1 Å². The maximum atomic E-state index is 12.5. The molecule has 28 heavy (non-hydrogen) atoms. The summed E-state index contributed by atoms with van der Waals surface area (Å²) in [4.78, 5) is 20.5. The van der Waals surface area contributed by atoms with E-state index in [1.54, 1.807) is 0 Å². The molecule has 0 saturated heterocycles. The quantitative estimate of drug-likeness (QED) is 0.780. The van der Waals surface area contributed by atoms with E-state index in [4.69, 9.17) is 0 Å². The molecule has 0 fully saturated rings. The minimum Gasteiger partial charge on any atom is -0.316 e. The molecule has 0 radical (unpaired) electrons. The molecule has 1 N–H and O–H groups in total. The van der Waals surface area contributed by atoms with Crippen LogP contribution in [0.15, 0.2) is 11.1 Å². The topological polar surface area (TPSA) is 92.8 Å². The zero-order chi connectivity index (χ0) is 19.7. The average Bonchev–Trinajstić information content (AvgIpc) is 3.26. The number of fused-ring (bicyclic) bond motifs is 2. The van der Waals surface area contributed by atoms with E-state index in [0.29, 0.717) is 21.2 Å². The number of amides is 1. The third-order valence-corrected chi connectivity index (χ3v) is 7.27. The van der Waals surface area contributed by atoms with Gasteiger partial charge < -0.3 is 10.2 Å². The smallest absolute Gasteiger partial charge is 0.235 e. The molecule has 2 aromatic heterocycles. The lowest BCUT2D eigenvalue weighted by Gasteiger charge is -2.24. The number of likely N-dealkylation sites (N-methyl/N-ethyl adjacent to an activating group) is 1. The lowest BCUT2D eigenvalue weighted by atomic mass is 10.0. The van der Waals surface area contributed by atoms with Gasteiger partial charge in [-0.3, -0.25) is 4.79 Å². The van der Waals surface area contributed by atoms with Crippen molar-refractivity contribution in [3.8, 4) is 12.1 Å². The van der Waals surface area contributed by atoms with E-state index in [0.717, 1.165) is 55.6 Å². The summed E-state index contributed by atoms with van der Waals surface area (Å²) >= 11 is 2.79. The molecule has 0 aromatic carbocycles. The fraction of sp³-hybridized carbons (Fsp3) is 0.400. The highest BCUT2D eigenvalue weighted by atomic mass is 32.2. The van der Waals surface area contributed by atoms with Crippen molar-refractivity contribution >= 4 is 34.0 Å². The largest absolute Gasteiger partial charge is 0.316 e. The van der Waals surface area contributed by atoms with Gasteiger partial charge in [-0.05, 0) is 43.5 Å². The summed E-state index contributed by atoms with van der Waals surface area (Å²) in [7, 11) is 2.05. The maximum absolute atomic E-state index is 12.5. The van der Waals surface area contributed by atoms with Gasteiger partial charge in [0, 0.05) is 30.1 Å². The van der Waals surface area contributed by atoms with Gasteiger partial charge in [-0.1, -0.05) is 11.8 Å². The molecule has 2 aromatic rings. The van der Waals surface area contributed by atoms with Gasteiger partial charge in [0.2, 0.25) is 5.91 Å². The lowest BCUT2D eigenvalue weighted by Crippen LogP contribution is -2.27. The number of anilines is 1. The Balaban J connectivity index is 1.46. The number of carbonyl (C=O) groups is 1. The summed E-state index contributed by atoms with van der Waals surface area (Å²) in [5.41, 5.74) is 4.33. The number of carbonyl (C=O) groups excluding carboxylic acids is 1. The van der Waals surface area contributed by atoms with Crippen molar-refractivity contribution in [1.82, 2.24) is 9.88 Å². The van der Waals surface area contributed by atoms with Crippen LogP contribution in [0.25, 0.3) is 0 Å². The second kappa shape index (κ2) is 7.92. The number of hydrogen-bond donors (Lipinski definition) is 1. The second-order valence-electron chi connectivity index (χ2n) is 7.06. The molecule has 1 aliphatic heterocycles. The van der Waals surface area contributed by atoms with E-state index in [2.05, 4.69) is 34.4 Å². The van der Waals surface area contributed by atoms with Crippen LogP contribution in [0.3, 0.4) is 0 Å². The van der Waals surface area contributed by atoms with E-state index in [1.165, 1.54) is 28.0 Å². The Morgan fingerprint density at radius 3 is 3.00 bits per heavy atom. The van der Waals surface area contributed by atoms with Crippen molar-refractivity contribution < 1.29 is 4.79 Å². The van der Waals surface area contributed by atoms with Gasteiger partial charge in [0.25, 0.3) is 0 Å². The Morgan fingerprint density at radius 2 is 2.21 bits per heavy atom. The number of pyridine rings is 1. The number of thiophene rings is 1. The zero-order valence-electron chi connectivity index (χ0n) is 15.5. The van der Waals surface area contributed by atoms with Gasteiger partial charge in [-0.25, -0.2) is 4.98 Å². The third kappa shape index (κ3) is 3.64. The maximum Gasteiger partial charge on any atom is 0.235 e. The zero-order valence-corrected chi connectivity index (χ0v) is 17.2. The van der Waals surface area contributed by atoms with E-state index < -0.39 is 0 Å². The number of aromatic nitrogens is 1. The third-order valence-electron chi connectivity index (χ3n) is 5.07. The van der Waals surface area contributed by atoms with Crippen molar-refractivity contribution in [3.05, 3.63) is 38.9 Å². The van der Waals surface area contributed by atoms with Crippen molar-refractivity contribution in [3.63, 3.8) is 0 Å². The summed E-state index contributed by atoms with van der Waals surface area (Å²) in [6.07, 6.45) is 3.83. The van der Waals surface area contributed by atoms with Crippen LogP contribution in [-0.2, 0) is 30.6 Å². The molecule has 1 amide bonds. The number of nitriles is 2. The highest BCUT2D eigenvalue weighted by Crippen LogP contribution is 2.38. The monoisotopic (exact) mass is 409 g/mol. The number of nitrogens with one attached hydrogen (secondary N) is 1. The van der Waals surface area contributed by atoms with Gasteiger partial charge in [0.1, 0.15) is 22.2 Å². The molecule has 0 bridgehead atoms. The lowest BCUT2D eigenvalue weighted by molar-refractivity contribution is -0.113. The number of rotatable bonds is 4. The normalized spacial score (nSPS) is 15.4. The van der Waals surface area contributed by atoms with E-state index >= 15 is 0 Å². The van der Waals surface area contributed by atoms with Crippen LogP contribution in [0.1, 0.15) is 39.2 Å². The van der Waals surface area contributed by atoms with Crippen LogP contribution >= 0.6 is 23.1 Å². The Bertz CT molecular complexity index is 1030. The summed E-state index contributed by atoms with van der Waals surface area (Å²) in [5, 5.41) is 23.1. The molecule has 8 heteroatoms. The molecule has 4 rings (SSSR count). The highest BCUT2D eigenvalue weighted by Gasteiger charge is 2.23. The Morgan fingerprint density at radius 1 is 1.36 bits per heavy atom. The van der Waals surface area contributed by atoms with Crippen LogP contribution in [0.5, 0.6) is 0 Å². The van der Waals surface area contributed by atoms with Crippen LogP contribution in [0.2, 0.25) is 0 Å². The van der Waals surface area contributed by atoms with E-state index in [1.807, 2.05) is 6.07 Å². The fourth-order valence-corrected chi connectivity index (χ4v) is 5.72. The first-order valence-corrected chi connectivity index (χ1v) is 11.0. The molecule has 2 aliphatic rings. The SMILES string of the molecule is CN1CCc2nc(SCC(=O)Nc3sc4c(c3C#N)CCC4)c(C#N)cc2C1. The molecule has 3 heterocycles. The molecule has 0 atom stereocenters. The van der Waals surface area contributed by atoms with E-state index in [-0.39, 0.29) is 11.7 Å². The van der Waals surface area contributed by atoms with Crippen molar-refractivity contribution in [1.29, 1.82) is 10.5 Å². The number of nitrogens with zero attached hydrogens (tertiary/aromatic N) is 4. The number of hydrogen-bond acceptors (Lipinski definition) is 7. The molecule has 0 spiro atoms. The Kier molecular flexibility index (Phi) is 5.36. The fourth-order valence-electron chi connectivity index (χ4n) is 3.69. The highest BCUT2D eigenvalue weighted by molar-refractivity contribution is 8.00. The first kappa shape index (κ1) is 18.9. The summed E-state index contributed by atoms with van der Waals surface area (Å²) in [6, 6.07) is 6.34. The summed E-state index contributed by atoms with van der Waals surface area (Å²) in [5.74, 6) is -0.0158. The minimum absolute atomic E-state index is 0.161. The minimum atomic E-state index is -0.176. The molecular formula is C20H19N5OS2. The van der Waals surface area contributed by atoms with Crippen LogP contribution < -0.4 is 5.32 Å². The summed E-state index contributed by atoms with van der Waals surface area (Å²) < 4.78 is 0. The van der Waals surface area contributed by atoms with Crippen molar-refractivity contribution in [2.24, 2.45) is 0 Å². The van der Waals surface area contributed by atoms with E-state index in [9.17, 15) is 15.3 Å². The molecule has 142 valence electrons. The van der Waals surface area contributed by atoms with Gasteiger partial charge >= 0.3 is 0 Å². The number of aryl methyl sites for hydroxylation is 1. The molecular weight excluding hydrogens is 390 g/mol. The summed E-state index contributed by atoms with van der Waals surface area (Å²) in [6.45, 7) is 1.74. The Labute approximate surface area is 172 Å². The first-order valence-electron chi connectivity index (χ1n) is 9.17. The predicted octanol–water partition coefficient (Wildman–Crippen LogP) is 3.09. The van der Waals surface area contributed by atoms with Gasteiger partial charge in [0.15, 0.2) is 0 Å². The van der Waals surface area contributed by atoms with Crippen LogP contribution in [0.4, 0.5) is 5.00 Å². The first-order chi connectivity index (χ1) is 13.6. The second-order valence-corrected chi connectivity index (χ2v) is 9.13. The standard InChI is InChI=1S/C20H19N5OS2/c1-25-6-5-16-13(10-25)7-12(8-21)19(23-16)27-11-18(26)24-20-15(9-22)14-3-2-4-17(14)28-20/h7H,2-6,10-11H2,1H3,(H,24,26). The number of thioether (sulfide) groups is 1. The van der Waals surface area contributed by atoms with Crippen molar-refractivity contribution in [2.45, 2.75) is 37.3 Å². The van der Waals surface area contributed by atoms with Crippen molar-refractivity contribution in [2.75, 3.05) is 24.7 Å². The van der Waals surface area contributed by atoms with Gasteiger partial charge in [0.05, 0.1) is 16.9 Å². The van der Waals surface area contributed by atoms with Gasteiger partial charge in [-0.15, -0.1) is 11.3 Å². The predicted molar refractivity (Wildman–Crippen MR) is 109 cm³/mol. The van der Waals surface area contributed by atoms with Crippen LogP contribution in [0, 0.1) is 22.7 Å². The average molecular weight is 410 g/mol. The molecule has 1 aliphatic carbocycles.